The zero-order valence-corrected chi connectivity index (χ0v) is 15.1. The van der Waals surface area contributed by atoms with Crippen molar-refractivity contribution in [3.63, 3.8) is 0 Å². The van der Waals surface area contributed by atoms with Gasteiger partial charge in [0.05, 0.1) is 12.1 Å². The second-order valence-corrected chi connectivity index (χ2v) is 8.68. The van der Waals surface area contributed by atoms with Crippen molar-refractivity contribution in [2.75, 3.05) is 7.11 Å². The van der Waals surface area contributed by atoms with Crippen LogP contribution in [0.3, 0.4) is 0 Å². The van der Waals surface area contributed by atoms with Gasteiger partial charge < -0.3 is 10.1 Å². The minimum absolute atomic E-state index is 0.0324. The van der Waals surface area contributed by atoms with Crippen molar-refractivity contribution in [1.82, 2.24) is 5.32 Å². The summed E-state index contributed by atoms with van der Waals surface area (Å²) >= 11 is 0. The van der Waals surface area contributed by atoms with Gasteiger partial charge in [0.25, 0.3) is 0 Å². The van der Waals surface area contributed by atoms with Crippen LogP contribution in [0.2, 0.25) is 0 Å². The van der Waals surface area contributed by atoms with E-state index in [1.807, 2.05) is 20.8 Å². The lowest BCUT2D eigenvalue weighted by atomic mass is 9.78. The first-order chi connectivity index (χ1) is 9.53. The fourth-order valence-electron chi connectivity index (χ4n) is 3.21. The SMILES string of the molecule is COC1CCC(CC(NC(C)(C)C)C(=O)C(C)(C)C)CC1. The summed E-state index contributed by atoms with van der Waals surface area (Å²) in [5, 5.41) is 3.55. The summed E-state index contributed by atoms with van der Waals surface area (Å²) in [4.78, 5) is 12.7. The molecule has 21 heavy (non-hydrogen) atoms. The van der Waals surface area contributed by atoms with Crippen LogP contribution in [-0.2, 0) is 9.53 Å². The molecule has 0 aromatic rings. The minimum atomic E-state index is -0.285. The third-order valence-corrected chi connectivity index (χ3v) is 4.36. The number of nitrogens with one attached hydrogen (secondary N) is 1. The van der Waals surface area contributed by atoms with E-state index in [0.29, 0.717) is 17.8 Å². The topological polar surface area (TPSA) is 38.3 Å². The summed E-state index contributed by atoms with van der Waals surface area (Å²) in [5.74, 6) is 0.980. The summed E-state index contributed by atoms with van der Waals surface area (Å²) in [7, 11) is 1.80. The van der Waals surface area contributed by atoms with E-state index < -0.39 is 0 Å². The Balaban J connectivity index is 2.68. The van der Waals surface area contributed by atoms with E-state index in [4.69, 9.17) is 4.74 Å². The first-order valence-electron chi connectivity index (χ1n) is 8.37. The number of rotatable bonds is 5. The van der Waals surface area contributed by atoms with Crippen LogP contribution in [-0.4, -0.2) is 30.6 Å². The Kier molecular flexibility index (Phi) is 6.42. The van der Waals surface area contributed by atoms with Crippen LogP contribution in [0.4, 0.5) is 0 Å². The van der Waals surface area contributed by atoms with Gasteiger partial charge in [0.15, 0.2) is 5.78 Å². The molecule has 1 fully saturated rings. The maximum atomic E-state index is 12.7. The number of carbonyl (C=O) groups excluding carboxylic acids is 1. The lowest BCUT2D eigenvalue weighted by Gasteiger charge is -2.35. The van der Waals surface area contributed by atoms with Crippen molar-refractivity contribution in [1.29, 1.82) is 0 Å². The minimum Gasteiger partial charge on any atom is -0.381 e. The molecule has 0 bridgehead atoms. The molecule has 0 heterocycles. The highest BCUT2D eigenvalue weighted by Crippen LogP contribution is 2.31. The Hall–Kier alpha value is -0.410. The zero-order valence-electron chi connectivity index (χ0n) is 15.1. The maximum absolute atomic E-state index is 12.7. The van der Waals surface area contributed by atoms with Gasteiger partial charge in [0.2, 0.25) is 0 Å². The van der Waals surface area contributed by atoms with Crippen LogP contribution in [0, 0.1) is 11.3 Å². The molecule has 0 aromatic heterocycles. The monoisotopic (exact) mass is 297 g/mol. The second-order valence-electron chi connectivity index (χ2n) is 8.68. The summed E-state index contributed by atoms with van der Waals surface area (Å²) in [6.07, 6.45) is 6.01. The van der Waals surface area contributed by atoms with E-state index in [2.05, 4.69) is 26.1 Å². The summed E-state index contributed by atoms with van der Waals surface area (Å²) in [6, 6.07) is -0.0332. The number of methoxy groups -OCH3 is 1. The van der Waals surface area contributed by atoms with Gasteiger partial charge in [0, 0.05) is 18.1 Å². The zero-order chi connectivity index (χ0) is 16.3. The third-order valence-electron chi connectivity index (χ3n) is 4.36. The average molecular weight is 297 g/mol. The molecule has 0 aromatic carbocycles. The molecule has 0 saturated heterocycles. The van der Waals surface area contributed by atoms with E-state index in [-0.39, 0.29) is 17.0 Å². The van der Waals surface area contributed by atoms with E-state index in [9.17, 15) is 4.79 Å². The first-order valence-corrected chi connectivity index (χ1v) is 8.37. The van der Waals surface area contributed by atoms with Gasteiger partial charge in [-0.05, 0) is 58.8 Å². The van der Waals surface area contributed by atoms with Crippen LogP contribution in [0.1, 0.15) is 73.6 Å². The van der Waals surface area contributed by atoms with Crippen molar-refractivity contribution in [3.8, 4) is 0 Å². The Bertz CT molecular complexity index is 330. The number of Topliss-reactive ketones (excluding diaryl/α,β-unsaturated/α-hetero) is 1. The van der Waals surface area contributed by atoms with Gasteiger partial charge in [-0.15, -0.1) is 0 Å². The lowest BCUT2D eigenvalue weighted by molar-refractivity contribution is -0.129. The van der Waals surface area contributed by atoms with Gasteiger partial charge in [-0.3, -0.25) is 4.79 Å². The Morgan fingerprint density at radius 3 is 2.00 bits per heavy atom. The molecule has 3 heteroatoms. The molecule has 1 atom stereocenters. The smallest absolute Gasteiger partial charge is 0.155 e. The Morgan fingerprint density at radius 1 is 1.10 bits per heavy atom. The van der Waals surface area contributed by atoms with E-state index in [0.717, 1.165) is 19.3 Å². The van der Waals surface area contributed by atoms with Crippen molar-refractivity contribution in [2.45, 2.75) is 91.3 Å². The molecule has 3 nitrogen and oxygen atoms in total. The van der Waals surface area contributed by atoms with Crippen LogP contribution >= 0.6 is 0 Å². The third kappa shape index (κ3) is 6.48. The summed E-state index contributed by atoms with van der Waals surface area (Å²) in [5.41, 5.74) is -0.318. The van der Waals surface area contributed by atoms with Gasteiger partial charge in [0.1, 0.15) is 0 Å². The van der Waals surface area contributed by atoms with Gasteiger partial charge in [-0.25, -0.2) is 0 Å². The van der Waals surface area contributed by atoms with Crippen molar-refractivity contribution in [2.24, 2.45) is 11.3 Å². The highest BCUT2D eigenvalue weighted by molar-refractivity contribution is 5.88. The normalized spacial score (nSPS) is 25.7. The Labute approximate surface area is 131 Å². The van der Waals surface area contributed by atoms with Crippen molar-refractivity contribution < 1.29 is 9.53 Å². The number of ketones is 1. The number of ether oxygens (including phenoxy) is 1. The lowest BCUT2D eigenvalue weighted by Crippen LogP contribution is -2.51. The van der Waals surface area contributed by atoms with Crippen LogP contribution in [0.15, 0.2) is 0 Å². The largest absolute Gasteiger partial charge is 0.381 e. The molecule has 0 radical (unpaired) electrons. The number of carbonyl (C=O) groups is 1. The highest BCUT2D eigenvalue weighted by atomic mass is 16.5. The molecular weight excluding hydrogens is 262 g/mol. The van der Waals surface area contributed by atoms with Crippen molar-refractivity contribution in [3.05, 3.63) is 0 Å². The standard InChI is InChI=1S/C18H35NO2/c1-17(2,3)16(20)15(19-18(4,5)6)12-13-8-10-14(21-7)11-9-13/h13-15,19H,8-12H2,1-7H3. The average Bonchev–Trinajstić information content (AvgIpc) is 2.35. The maximum Gasteiger partial charge on any atom is 0.155 e. The van der Waals surface area contributed by atoms with Crippen LogP contribution in [0.5, 0.6) is 0 Å². The molecule has 0 spiro atoms. The van der Waals surface area contributed by atoms with Crippen LogP contribution in [0.25, 0.3) is 0 Å². The molecule has 0 aliphatic heterocycles. The second kappa shape index (κ2) is 7.23. The number of hydrogen-bond donors (Lipinski definition) is 1. The van der Waals surface area contributed by atoms with E-state index in [1.165, 1.54) is 12.8 Å². The fraction of sp³-hybridized carbons (Fsp3) is 0.944. The molecule has 1 rings (SSSR count). The van der Waals surface area contributed by atoms with E-state index >= 15 is 0 Å². The summed E-state index contributed by atoms with van der Waals surface area (Å²) in [6.45, 7) is 12.5. The number of hydrogen-bond acceptors (Lipinski definition) is 3. The molecule has 1 saturated carbocycles. The molecular formula is C18H35NO2. The first kappa shape index (κ1) is 18.6. The Morgan fingerprint density at radius 2 is 1.62 bits per heavy atom. The summed E-state index contributed by atoms with van der Waals surface area (Å²) < 4.78 is 5.44. The van der Waals surface area contributed by atoms with Gasteiger partial charge in [-0.1, -0.05) is 20.8 Å². The molecule has 1 unspecified atom stereocenters. The molecule has 1 aliphatic carbocycles. The molecule has 124 valence electrons. The van der Waals surface area contributed by atoms with Crippen LogP contribution < -0.4 is 5.32 Å². The highest BCUT2D eigenvalue weighted by Gasteiger charge is 2.34. The van der Waals surface area contributed by atoms with Gasteiger partial charge in [-0.2, -0.15) is 0 Å². The van der Waals surface area contributed by atoms with Crippen molar-refractivity contribution >= 4 is 5.78 Å². The molecule has 1 aliphatic rings. The fourth-order valence-corrected chi connectivity index (χ4v) is 3.21. The van der Waals surface area contributed by atoms with Gasteiger partial charge >= 0.3 is 0 Å². The van der Waals surface area contributed by atoms with E-state index in [1.54, 1.807) is 7.11 Å². The molecule has 0 amide bonds. The molecule has 1 N–H and O–H groups in total. The predicted molar refractivity (Wildman–Crippen MR) is 88.5 cm³/mol. The quantitative estimate of drug-likeness (QED) is 0.835. The predicted octanol–water partition coefficient (Wildman–Crippen LogP) is 3.95.